The third kappa shape index (κ3) is 3.23. The van der Waals surface area contributed by atoms with Crippen molar-refractivity contribution in [3.05, 3.63) is 53.3 Å². The third-order valence-electron chi connectivity index (χ3n) is 3.04. The molecule has 0 saturated carbocycles. The highest BCUT2D eigenvalue weighted by molar-refractivity contribution is 5.60. The van der Waals surface area contributed by atoms with Crippen LogP contribution in [0.2, 0.25) is 0 Å². The molecule has 5 heteroatoms. The van der Waals surface area contributed by atoms with E-state index in [2.05, 4.69) is 4.98 Å². The van der Waals surface area contributed by atoms with Crippen LogP contribution in [0, 0.1) is 6.92 Å². The van der Waals surface area contributed by atoms with Gasteiger partial charge in [0.1, 0.15) is 0 Å². The first-order valence-electron chi connectivity index (χ1n) is 6.28. The van der Waals surface area contributed by atoms with E-state index in [1.54, 1.807) is 24.1 Å². The van der Waals surface area contributed by atoms with E-state index in [-0.39, 0.29) is 5.56 Å². The molecule has 20 heavy (non-hydrogen) atoms. The summed E-state index contributed by atoms with van der Waals surface area (Å²) in [5, 5.41) is 0. The summed E-state index contributed by atoms with van der Waals surface area (Å²) >= 11 is 0. The Morgan fingerprint density at radius 3 is 2.65 bits per heavy atom. The average molecular weight is 277 g/mol. The summed E-state index contributed by atoms with van der Waals surface area (Å²) in [5.74, 6) is 0. The van der Waals surface area contributed by atoms with Gasteiger partial charge in [-0.3, -0.25) is 4.98 Å². The second kappa shape index (κ2) is 5.86. The van der Waals surface area contributed by atoms with Crippen LogP contribution in [-0.2, 0) is 6.54 Å². The zero-order valence-corrected chi connectivity index (χ0v) is 11.5. The maximum Gasteiger partial charge on any atom is 0.265 e. The number of hydrogen-bond acceptors (Lipinski definition) is 3. The van der Waals surface area contributed by atoms with Crippen LogP contribution >= 0.6 is 0 Å². The number of aryl methyl sites for hydroxylation is 1. The quantitative estimate of drug-likeness (QED) is 0.869. The van der Waals surface area contributed by atoms with E-state index in [0.29, 0.717) is 17.9 Å². The number of hydrogen-bond donors (Lipinski definition) is 1. The zero-order valence-electron chi connectivity index (χ0n) is 11.5. The fourth-order valence-electron chi connectivity index (χ4n) is 2.11. The van der Waals surface area contributed by atoms with Crippen LogP contribution in [0.25, 0.3) is 0 Å². The number of anilines is 2. The molecule has 0 aliphatic heterocycles. The number of nitrogens with zero attached hydrogens (tertiary/aromatic N) is 2. The molecule has 2 aromatic rings. The van der Waals surface area contributed by atoms with E-state index < -0.39 is 6.43 Å². The molecule has 0 atom stereocenters. The van der Waals surface area contributed by atoms with Gasteiger partial charge < -0.3 is 10.6 Å². The number of alkyl halides is 2. The number of halogens is 2. The molecule has 2 N–H and O–H groups in total. The van der Waals surface area contributed by atoms with Crippen LogP contribution in [0.1, 0.15) is 23.4 Å². The first kappa shape index (κ1) is 14.2. The molecule has 0 spiro atoms. The van der Waals surface area contributed by atoms with Crippen molar-refractivity contribution in [2.24, 2.45) is 0 Å². The van der Waals surface area contributed by atoms with E-state index in [9.17, 15) is 8.78 Å². The first-order valence-corrected chi connectivity index (χ1v) is 6.28. The van der Waals surface area contributed by atoms with Crippen molar-refractivity contribution in [1.29, 1.82) is 0 Å². The summed E-state index contributed by atoms with van der Waals surface area (Å²) in [5.41, 5.74) is 8.07. The summed E-state index contributed by atoms with van der Waals surface area (Å²) in [7, 11) is 1.77. The minimum atomic E-state index is -2.55. The summed E-state index contributed by atoms with van der Waals surface area (Å²) in [4.78, 5) is 6.13. The van der Waals surface area contributed by atoms with Gasteiger partial charge in [0.15, 0.2) is 0 Å². The maximum atomic E-state index is 13.1. The lowest BCUT2D eigenvalue weighted by molar-refractivity contribution is 0.152. The van der Waals surface area contributed by atoms with E-state index in [4.69, 9.17) is 5.73 Å². The van der Waals surface area contributed by atoms with Crippen molar-refractivity contribution >= 4 is 11.4 Å². The van der Waals surface area contributed by atoms with Crippen molar-refractivity contribution in [1.82, 2.24) is 4.98 Å². The highest BCUT2D eigenvalue weighted by Crippen LogP contribution is 2.31. The fourth-order valence-corrected chi connectivity index (χ4v) is 2.11. The van der Waals surface area contributed by atoms with Gasteiger partial charge in [-0.05, 0) is 37.3 Å². The molecule has 1 heterocycles. The summed E-state index contributed by atoms with van der Waals surface area (Å²) in [6.07, 6.45) is -2.55. The molecule has 1 aromatic carbocycles. The van der Waals surface area contributed by atoms with E-state index >= 15 is 0 Å². The molecule has 0 aliphatic rings. The van der Waals surface area contributed by atoms with Crippen LogP contribution in [0.4, 0.5) is 20.2 Å². The smallest absolute Gasteiger partial charge is 0.265 e. The number of aromatic nitrogens is 1. The van der Waals surface area contributed by atoms with Crippen molar-refractivity contribution < 1.29 is 8.78 Å². The molecule has 3 nitrogen and oxygen atoms in total. The highest BCUT2D eigenvalue weighted by Gasteiger charge is 2.16. The number of pyridine rings is 1. The van der Waals surface area contributed by atoms with Gasteiger partial charge in [0.05, 0.1) is 12.2 Å². The lowest BCUT2D eigenvalue weighted by Gasteiger charge is -2.22. The Morgan fingerprint density at radius 1 is 1.25 bits per heavy atom. The van der Waals surface area contributed by atoms with Gasteiger partial charge in [-0.2, -0.15) is 0 Å². The van der Waals surface area contributed by atoms with E-state index in [0.717, 1.165) is 11.4 Å². The van der Waals surface area contributed by atoms with Crippen LogP contribution in [0.3, 0.4) is 0 Å². The molecule has 0 bridgehead atoms. The molecule has 0 aliphatic carbocycles. The number of rotatable bonds is 4. The molecule has 0 unspecified atom stereocenters. The lowest BCUT2D eigenvalue weighted by Crippen LogP contribution is -2.19. The van der Waals surface area contributed by atoms with Gasteiger partial charge in [0.2, 0.25) is 0 Å². The van der Waals surface area contributed by atoms with Gasteiger partial charge in [-0.1, -0.05) is 6.07 Å². The number of nitrogens with two attached hydrogens (primary N) is 1. The van der Waals surface area contributed by atoms with Crippen LogP contribution in [0.5, 0.6) is 0 Å². The maximum absolute atomic E-state index is 13.1. The zero-order chi connectivity index (χ0) is 14.7. The normalized spacial score (nSPS) is 10.8. The monoisotopic (exact) mass is 277 g/mol. The molecule has 1 aromatic heterocycles. The second-order valence-corrected chi connectivity index (χ2v) is 4.75. The van der Waals surface area contributed by atoms with Crippen LogP contribution in [-0.4, -0.2) is 12.0 Å². The van der Waals surface area contributed by atoms with Gasteiger partial charge in [0.25, 0.3) is 6.43 Å². The topological polar surface area (TPSA) is 42.1 Å². The SMILES string of the molecule is Cc1cccc(CN(C)c2ccc(N)cc2C(F)F)n1. The Kier molecular flexibility index (Phi) is 4.17. The molecule has 0 amide bonds. The van der Waals surface area contributed by atoms with Crippen molar-refractivity contribution in [3.63, 3.8) is 0 Å². The minimum Gasteiger partial charge on any atom is -0.399 e. The largest absolute Gasteiger partial charge is 0.399 e. The van der Waals surface area contributed by atoms with Crippen molar-refractivity contribution in [2.75, 3.05) is 17.7 Å². The second-order valence-electron chi connectivity index (χ2n) is 4.75. The summed E-state index contributed by atoms with van der Waals surface area (Å²) < 4.78 is 26.1. The molecule has 0 fully saturated rings. The van der Waals surface area contributed by atoms with Gasteiger partial charge >= 0.3 is 0 Å². The summed E-state index contributed by atoms with van der Waals surface area (Å²) in [6.45, 7) is 2.36. The molecular weight excluding hydrogens is 260 g/mol. The highest BCUT2D eigenvalue weighted by atomic mass is 19.3. The molecule has 2 rings (SSSR count). The lowest BCUT2D eigenvalue weighted by atomic mass is 10.1. The molecule has 0 saturated heterocycles. The minimum absolute atomic E-state index is 0.0554. The number of nitrogen functional groups attached to an aromatic ring is 1. The van der Waals surface area contributed by atoms with Crippen molar-refractivity contribution in [2.45, 2.75) is 19.9 Å². The molecule has 106 valence electrons. The van der Waals surface area contributed by atoms with Gasteiger partial charge in [-0.25, -0.2) is 8.78 Å². The third-order valence-corrected chi connectivity index (χ3v) is 3.04. The molecular formula is C15H17F2N3. The van der Waals surface area contributed by atoms with Gasteiger partial charge in [0, 0.05) is 29.7 Å². The predicted octanol–water partition coefficient (Wildman–Crippen LogP) is 3.55. The number of benzene rings is 1. The Morgan fingerprint density at radius 2 is 2.00 bits per heavy atom. The van der Waals surface area contributed by atoms with Crippen LogP contribution < -0.4 is 10.6 Å². The van der Waals surface area contributed by atoms with E-state index in [1.807, 2.05) is 25.1 Å². The Balaban J connectivity index is 2.27. The Labute approximate surface area is 117 Å². The Hall–Kier alpha value is -2.17. The predicted molar refractivity (Wildman–Crippen MR) is 76.9 cm³/mol. The summed E-state index contributed by atoms with van der Waals surface area (Å²) in [6, 6.07) is 10.2. The average Bonchev–Trinajstić information content (AvgIpc) is 2.38. The Bertz CT molecular complexity index is 599. The standard InChI is InChI=1S/C15H17F2N3/c1-10-4-3-5-12(19-10)9-20(2)14-7-6-11(18)8-13(14)15(16)17/h3-8,15H,9,18H2,1-2H3. The van der Waals surface area contributed by atoms with Crippen LogP contribution in [0.15, 0.2) is 36.4 Å². The fraction of sp³-hybridized carbons (Fsp3) is 0.267. The van der Waals surface area contributed by atoms with Gasteiger partial charge in [-0.15, -0.1) is 0 Å². The molecule has 0 radical (unpaired) electrons. The van der Waals surface area contributed by atoms with Crippen molar-refractivity contribution in [3.8, 4) is 0 Å². The van der Waals surface area contributed by atoms with E-state index in [1.165, 1.54) is 6.07 Å². The first-order chi connectivity index (χ1) is 9.47.